The number of nitrogens with zero attached hydrogens (tertiary/aromatic N) is 1. The van der Waals surface area contributed by atoms with Gasteiger partial charge in [0.05, 0.1) is 6.21 Å². The normalized spacial score (nSPS) is 16.5. The third kappa shape index (κ3) is 3.43. The van der Waals surface area contributed by atoms with Crippen LogP contribution in [0.25, 0.3) is 0 Å². The van der Waals surface area contributed by atoms with Crippen molar-refractivity contribution in [3.05, 3.63) is 35.4 Å². The summed E-state index contributed by atoms with van der Waals surface area (Å²) in [4.78, 5) is 34.5. The van der Waals surface area contributed by atoms with Gasteiger partial charge in [-0.15, -0.1) is 0 Å². The Morgan fingerprint density at radius 1 is 1.26 bits per heavy atom. The zero-order valence-corrected chi connectivity index (χ0v) is 12.7. The Bertz CT molecular complexity index is 625. The Morgan fingerprint density at radius 3 is 2.26 bits per heavy atom. The number of nitrogens with two attached hydrogens (primary N) is 3. The fraction of sp³-hybridized carbons (Fsp3) is 0.333. The van der Waals surface area contributed by atoms with Crippen LogP contribution in [0.1, 0.15) is 30.9 Å². The number of carboxylic acids is 1. The second kappa shape index (κ2) is 7.12. The first kappa shape index (κ1) is 18.5. The number of carbonyl (C=O) groups is 3. The molecule has 0 spiro atoms. The highest BCUT2D eigenvalue weighted by Gasteiger charge is 2.54. The van der Waals surface area contributed by atoms with E-state index in [9.17, 15) is 19.5 Å². The lowest BCUT2D eigenvalue weighted by Crippen LogP contribution is -2.69. The van der Waals surface area contributed by atoms with Gasteiger partial charge in [0.1, 0.15) is 17.4 Å². The van der Waals surface area contributed by atoms with E-state index in [4.69, 9.17) is 17.3 Å². The Labute approximate surface area is 133 Å². The van der Waals surface area contributed by atoms with Gasteiger partial charge in [0.15, 0.2) is 5.78 Å². The molecule has 7 N–H and O–H groups in total. The maximum atomic E-state index is 12.5. The van der Waals surface area contributed by atoms with Crippen molar-refractivity contribution in [3.8, 4) is 0 Å². The average molecular weight is 320 g/mol. The molecule has 0 aliphatic rings. The average Bonchev–Trinajstić information content (AvgIpc) is 2.52. The zero-order chi connectivity index (χ0) is 17.7. The van der Waals surface area contributed by atoms with Crippen molar-refractivity contribution in [1.29, 1.82) is 0 Å². The summed E-state index contributed by atoms with van der Waals surface area (Å²) in [5.74, 6) is 3.00. The quantitative estimate of drug-likeness (QED) is 0.217. The molecule has 0 heterocycles. The van der Waals surface area contributed by atoms with Crippen molar-refractivity contribution in [2.45, 2.75) is 30.8 Å². The highest BCUT2D eigenvalue weighted by Crippen LogP contribution is 2.32. The lowest BCUT2D eigenvalue weighted by Gasteiger charge is -2.39. The predicted molar refractivity (Wildman–Crippen MR) is 84.6 cm³/mol. The molecule has 8 nitrogen and oxygen atoms in total. The number of rotatable bonds is 8. The standard InChI is InChI=1S/C15H20N4O4/c1-14(16,13(22)23)15(17,12(21)3-2-8-20)11-6-4-10(5-7-11)9-19-18/h4-9H,2-3,16-18H2,1H3,(H,22,23). The van der Waals surface area contributed by atoms with Crippen molar-refractivity contribution in [2.24, 2.45) is 22.4 Å². The van der Waals surface area contributed by atoms with Crippen molar-refractivity contribution in [3.63, 3.8) is 0 Å². The van der Waals surface area contributed by atoms with Gasteiger partial charge in [-0.2, -0.15) is 5.10 Å². The minimum absolute atomic E-state index is 0.0641. The van der Waals surface area contributed by atoms with Gasteiger partial charge < -0.3 is 27.2 Å². The molecule has 0 aromatic heterocycles. The van der Waals surface area contributed by atoms with E-state index >= 15 is 0 Å². The molecule has 0 amide bonds. The van der Waals surface area contributed by atoms with Crippen LogP contribution in [0.4, 0.5) is 0 Å². The molecule has 1 aromatic rings. The van der Waals surface area contributed by atoms with Crippen LogP contribution in [-0.4, -0.2) is 34.9 Å². The topological polar surface area (TPSA) is 162 Å². The number of Topliss-reactive ketones (excluding diaryl/α,β-unsaturated/α-hetero) is 1. The monoisotopic (exact) mass is 320 g/mol. The molecule has 2 unspecified atom stereocenters. The molecule has 2 atom stereocenters. The summed E-state index contributed by atoms with van der Waals surface area (Å²) in [6, 6.07) is 6.14. The van der Waals surface area contributed by atoms with Crippen LogP contribution < -0.4 is 17.3 Å². The molecule has 0 aliphatic carbocycles. The molecular formula is C15H20N4O4. The van der Waals surface area contributed by atoms with E-state index in [-0.39, 0.29) is 18.4 Å². The van der Waals surface area contributed by atoms with E-state index in [1.807, 2.05) is 0 Å². The molecular weight excluding hydrogens is 300 g/mol. The Morgan fingerprint density at radius 2 is 1.83 bits per heavy atom. The van der Waals surface area contributed by atoms with Crippen molar-refractivity contribution >= 4 is 24.3 Å². The van der Waals surface area contributed by atoms with Crippen LogP contribution in [0.2, 0.25) is 0 Å². The number of hydrogen-bond donors (Lipinski definition) is 4. The number of aldehydes is 1. The van der Waals surface area contributed by atoms with E-state index in [1.54, 1.807) is 12.1 Å². The molecule has 0 radical (unpaired) electrons. The van der Waals surface area contributed by atoms with Crippen LogP contribution in [0.3, 0.4) is 0 Å². The minimum atomic E-state index is -2.06. The fourth-order valence-corrected chi connectivity index (χ4v) is 2.22. The Kier molecular flexibility index (Phi) is 5.72. The molecule has 0 saturated carbocycles. The molecule has 0 saturated heterocycles. The summed E-state index contributed by atoms with van der Waals surface area (Å²) in [6.07, 6.45) is 1.68. The first-order valence-corrected chi connectivity index (χ1v) is 6.83. The van der Waals surface area contributed by atoms with E-state index in [2.05, 4.69) is 5.10 Å². The maximum Gasteiger partial charge on any atom is 0.326 e. The van der Waals surface area contributed by atoms with Crippen molar-refractivity contribution < 1.29 is 19.5 Å². The summed E-state index contributed by atoms with van der Waals surface area (Å²) in [5.41, 5.74) is 8.87. The van der Waals surface area contributed by atoms with Gasteiger partial charge in [-0.05, 0) is 18.1 Å². The van der Waals surface area contributed by atoms with Gasteiger partial charge >= 0.3 is 5.97 Å². The van der Waals surface area contributed by atoms with Crippen LogP contribution in [0.5, 0.6) is 0 Å². The van der Waals surface area contributed by atoms with Gasteiger partial charge in [-0.25, -0.2) is 0 Å². The maximum absolute atomic E-state index is 12.5. The van der Waals surface area contributed by atoms with Crippen LogP contribution in [-0.2, 0) is 19.9 Å². The molecule has 0 fully saturated rings. The van der Waals surface area contributed by atoms with Crippen LogP contribution in [0.15, 0.2) is 29.4 Å². The van der Waals surface area contributed by atoms with Crippen LogP contribution >= 0.6 is 0 Å². The number of carbonyl (C=O) groups excluding carboxylic acids is 2. The van der Waals surface area contributed by atoms with Crippen molar-refractivity contribution in [2.75, 3.05) is 0 Å². The Balaban J connectivity index is 3.42. The van der Waals surface area contributed by atoms with Gasteiger partial charge in [0.2, 0.25) is 0 Å². The highest BCUT2D eigenvalue weighted by molar-refractivity contribution is 5.98. The summed E-state index contributed by atoms with van der Waals surface area (Å²) < 4.78 is 0. The number of hydrogen-bond acceptors (Lipinski definition) is 7. The summed E-state index contributed by atoms with van der Waals surface area (Å²) in [7, 11) is 0. The van der Waals surface area contributed by atoms with Gasteiger partial charge in [-0.1, -0.05) is 24.3 Å². The van der Waals surface area contributed by atoms with Gasteiger partial charge in [-0.3, -0.25) is 9.59 Å². The first-order chi connectivity index (χ1) is 10.7. The third-order valence-corrected chi connectivity index (χ3v) is 3.78. The van der Waals surface area contributed by atoms with E-state index in [0.29, 0.717) is 11.8 Å². The number of ketones is 1. The molecule has 1 rings (SSSR count). The largest absolute Gasteiger partial charge is 0.480 e. The van der Waals surface area contributed by atoms with Crippen LogP contribution in [0, 0.1) is 0 Å². The smallest absolute Gasteiger partial charge is 0.326 e. The second-order valence-corrected chi connectivity index (χ2v) is 5.34. The predicted octanol–water partition coefficient (Wildman–Crippen LogP) is -0.517. The molecule has 0 bridgehead atoms. The van der Waals surface area contributed by atoms with E-state index in [1.165, 1.54) is 25.3 Å². The molecule has 124 valence electrons. The zero-order valence-electron chi connectivity index (χ0n) is 12.7. The number of hydrazone groups is 1. The summed E-state index contributed by atoms with van der Waals surface area (Å²) in [5, 5.41) is 12.8. The molecule has 1 aromatic carbocycles. The summed E-state index contributed by atoms with van der Waals surface area (Å²) in [6.45, 7) is 1.17. The fourth-order valence-electron chi connectivity index (χ4n) is 2.22. The second-order valence-electron chi connectivity index (χ2n) is 5.34. The third-order valence-electron chi connectivity index (χ3n) is 3.78. The van der Waals surface area contributed by atoms with Crippen molar-refractivity contribution in [1.82, 2.24) is 0 Å². The molecule has 23 heavy (non-hydrogen) atoms. The van der Waals surface area contributed by atoms with E-state index in [0.717, 1.165) is 0 Å². The van der Waals surface area contributed by atoms with Gasteiger partial charge in [0, 0.05) is 12.8 Å². The van der Waals surface area contributed by atoms with E-state index < -0.39 is 22.8 Å². The first-order valence-electron chi connectivity index (χ1n) is 6.83. The lowest BCUT2D eigenvalue weighted by atomic mass is 9.70. The number of aliphatic carboxylic acids is 1. The highest BCUT2D eigenvalue weighted by atomic mass is 16.4. The lowest BCUT2D eigenvalue weighted by molar-refractivity contribution is -0.149. The molecule has 8 heteroatoms. The minimum Gasteiger partial charge on any atom is -0.480 e. The number of benzene rings is 1. The SMILES string of the molecule is CC(N)(C(=O)O)C(N)(C(=O)CCC=O)c1ccc(C=NN)cc1. The Hall–Kier alpha value is -2.58. The number of carboxylic acid groups (broad SMARTS) is 1. The summed E-state index contributed by atoms with van der Waals surface area (Å²) >= 11 is 0. The molecule has 0 aliphatic heterocycles. The van der Waals surface area contributed by atoms with Gasteiger partial charge in [0.25, 0.3) is 0 Å².